The zero-order valence-electron chi connectivity index (χ0n) is 11.8. The molecule has 0 bridgehead atoms. The zero-order valence-corrected chi connectivity index (χ0v) is 11.8. The predicted octanol–water partition coefficient (Wildman–Crippen LogP) is 2.11. The van der Waals surface area contributed by atoms with E-state index in [9.17, 15) is 4.79 Å². The molecule has 0 saturated heterocycles. The van der Waals surface area contributed by atoms with E-state index in [2.05, 4.69) is 16.0 Å². The van der Waals surface area contributed by atoms with Gasteiger partial charge in [-0.05, 0) is 44.0 Å². The quantitative estimate of drug-likeness (QED) is 0.877. The Balaban J connectivity index is 1.85. The molecular formula is C15H21N3O. The van der Waals surface area contributed by atoms with Crippen LogP contribution in [0, 0.1) is 0 Å². The zero-order chi connectivity index (χ0) is 13.8. The normalized spacial score (nSPS) is 12.4. The fourth-order valence-corrected chi connectivity index (χ4v) is 2.19. The van der Waals surface area contributed by atoms with Crippen LogP contribution in [0.2, 0.25) is 0 Å². The SMILES string of the molecule is C[C@@H](CCc1cccn1C)NC(=O)c1cccn1C. The van der Waals surface area contributed by atoms with Gasteiger partial charge in [-0.15, -0.1) is 0 Å². The molecule has 0 aliphatic heterocycles. The van der Waals surface area contributed by atoms with Gasteiger partial charge in [0.25, 0.3) is 5.91 Å². The fourth-order valence-electron chi connectivity index (χ4n) is 2.19. The molecule has 4 nitrogen and oxygen atoms in total. The van der Waals surface area contributed by atoms with E-state index in [1.807, 2.05) is 56.2 Å². The van der Waals surface area contributed by atoms with Crippen molar-refractivity contribution in [1.29, 1.82) is 0 Å². The molecule has 102 valence electrons. The number of hydrogen-bond donors (Lipinski definition) is 1. The van der Waals surface area contributed by atoms with Crippen molar-refractivity contribution in [3.63, 3.8) is 0 Å². The van der Waals surface area contributed by atoms with E-state index in [1.54, 1.807) is 0 Å². The minimum Gasteiger partial charge on any atom is -0.354 e. The Morgan fingerprint density at radius 2 is 1.89 bits per heavy atom. The Morgan fingerprint density at radius 1 is 1.21 bits per heavy atom. The van der Waals surface area contributed by atoms with Gasteiger partial charge < -0.3 is 14.5 Å². The molecule has 2 aromatic heterocycles. The first-order valence-corrected chi connectivity index (χ1v) is 6.60. The molecule has 0 aliphatic carbocycles. The smallest absolute Gasteiger partial charge is 0.268 e. The van der Waals surface area contributed by atoms with Crippen molar-refractivity contribution in [2.45, 2.75) is 25.8 Å². The maximum absolute atomic E-state index is 12.0. The number of hydrogen-bond acceptors (Lipinski definition) is 1. The molecule has 1 N–H and O–H groups in total. The third kappa shape index (κ3) is 3.28. The Morgan fingerprint density at radius 3 is 2.47 bits per heavy atom. The lowest BCUT2D eigenvalue weighted by Crippen LogP contribution is -2.34. The first-order valence-electron chi connectivity index (χ1n) is 6.60. The van der Waals surface area contributed by atoms with Gasteiger partial charge in [0.1, 0.15) is 5.69 Å². The molecule has 1 atom stereocenters. The Labute approximate surface area is 114 Å². The molecule has 0 saturated carbocycles. The molecule has 0 radical (unpaired) electrons. The van der Waals surface area contributed by atoms with Crippen LogP contribution < -0.4 is 5.32 Å². The van der Waals surface area contributed by atoms with E-state index < -0.39 is 0 Å². The molecule has 0 aromatic carbocycles. The number of nitrogens with one attached hydrogen (secondary N) is 1. The third-order valence-electron chi connectivity index (χ3n) is 3.44. The number of nitrogens with zero attached hydrogens (tertiary/aromatic N) is 2. The van der Waals surface area contributed by atoms with Crippen LogP contribution in [0.25, 0.3) is 0 Å². The minimum absolute atomic E-state index is 0.00752. The van der Waals surface area contributed by atoms with Crippen molar-refractivity contribution in [3.05, 3.63) is 48.0 Å². The largest absolute Gasteiger partial charge is 0.354 e. The Kier molecular flexibility index (Phi) is 4.10. The first kappa shape index (κ1) is 13.5. The van der Waals surface area contributed by atoms with Crippen LogP contribution in [-0.4, -0.2) is 21.1 Å². The summed E-state index contributed by atoms with van der Waals surface area (Å²) in [6, 6.07) is 8.04. The average molecular weight is 259 g/mol. The maximum Gasteiger partial charge on any atom is 0.268 e. The Hall–Kier alpha value is -1.97. The van der Waals surface area contributed by atoms with E-state index >= 15 is 0 Å². The van der Waals surface area contributed by atoms with Gasteiger partial charge in [-0.1, -0.05) is 0 Å². The number of carbonyl (C=O) groups is 1. The van der Waals surface area contributed by atoms with Gasteiger partial charge in [-0.2, -0.15) is 0 Å². The van der Waals surface area contributed by atoms with Gasteiger partial charge in [0, 0.05) is 38.2 Å². The van der Waals surface area contributed by atoms with E-state index in [4.69, 9.17) is 0 Å². The topological polar surface area (TPSA) is 39.0 Å². The van der Waals surface area contributed by atoms with Crippen LogP contribution in [0.15, 0.2) is 36.7 Å². The second kappa shape index (κ2) is 5.78. The summed E-state index contributed by atoms with van der Waals surface area (Å²) in [7, 11) is 3.92. The molecule has 0 aliphatic rings. The van der Waals surface area contributed by atoms with E-state index in [-0.39, 0.29) is 11.9 Å². The number of carbonyl (C=O) groups excluding carboxylic acids is 1. The van der Waals surface area contributed by atoms with Gasteiger partial charge >= 0.3 is 0 Å². The highest BCUT2D eigenvalue weighted by atomic mass is 16.2. The summed E-state index contributed by atoms with van der Waals surface area (Å²) >= 11 is 0. The molecule has 2 aromatic rings. The van der Waals surface area contributed by atoms with Gasteiger partial charge in [-0.3, -0.25) is 4.79 Å². The fraction of sp³-hybridized carbons (Fsp3) is 0.400. The Bertz CT molecular complexity index is 553. The molecule has 19 heavy (non-hydrogen) atoms. The van der Waals surface area contributed by atoms with Crippen molar-refractivity contribution in [1.82, 2.24) is 14.5 Å². The molecule has 4 heteroatoms. The van der Waals surface area contributed by atoms with Crippen LogP contribution in [0.1, 0.15) is 29.5 Å². The average Bonchev–Trinajstić information content (AvgIpc) is 2.95. The van der Waals surface area contributed by atoms with Gasteiger partial charge in [0.2, 0.25) is 0 Å². The summed E-state index contributed by atoms with van der Waals surface area (Å²) in [4.78, 5) is 12.0. The number of rotatable bonds is 5. The monoisotopic (exact) mass is 259 g/mol. The minimum atomic E-state index is -0.00752. The summed E-state index contributed by atoms with van der Waals surface area (Å²) in [5, 5.41) is 3.04. The van der Waals surface area contributed by atoms with Gasteiger partial charge in [0.05, 0.1) is 0 Å². The molecule has 1 amide bonds. The van der Waals surface area contributed by atoms with Crippen molar-refractivity contribution in [2.24, 2.45) is 14.1 Å². The summed E-state index contributed by atoms with van der Waals surface area (Å²) < 4.78 is 3.95. The summed E-state index contributed by atoms with van der Waals surface area (Å²) in [5.74, 6) is -0.00752. The van der Waals surface area contributed by atoms with Crippen LogP contribution in [-0.2, 0) is 20.5 Å². The van der Waals surface area contributed by atoms with Crippen LogP contribution in [0.3, 0.4) is 0 Å². The second-order valence-electron chi connectivity index (χ2n) is 5.03. The molecule has 0 fully saturated rings. The number of aryl methyl sites for hydroxylation is 3. The number of aromatic nitrogens is 2. The van der Waals surface area contributed by atoms with Gasteiger partial charge in [-0.25, -0.2) is 0 Å². The van der Waals surface area contributed by atoms with Crippen molar-refractivity contribution in [2.75, 3.05) is 0 Å². The van der Waals surface area contributed by atoms with Crippen LogP contribution >= 0.6 is 0 Å². The van der Waals surface area contributed by atoms with Crippen LogP contribution in [0.4, 0.5) is 0 Å². The van der Waals surface area contributed by atoms with Gasteiger partial charge in [0.15, 0.2) is 0 Å². The predicted molar refractivity (Wildman–Crippen MR) is 76.1 cm³/mol. The second-order valence-corrected chi connectivity index (χ2v) is 5.03. The lowest BCUT2D eigenvalue weighted by Gasteiger charge is -2.14. The highest BCUT2D eigenvalue weighted by molar-refractivity contribution is 5.92. The van der Waals surface area contributed by atoms with E-state index in [1.165, 1.54) is 5.69 Å². The molecule has 0 spiro atoms. The number of amides is 1. The summed E-state index contributed by atoms with van der Waals surface area (Å²) in [5.41, 5.74) is 1.99. The lowest BCUT2D eigenvalue weighted by atomic mass is 10.1. The summed E-state index contributed by atoms with van der Waals surface area (Å²) in [6.45, 7) is 2.05. The third-order valence-corrected chi connectivity index (χ3v) is 3.44. The maximum atomic E-state index is 12.0. The molecule has 2 rings (SSSR count). The van der Waals surface area contributed by atoms with Crippen molar-refractivity contribution in [3.8, 4) is 0 Å². The van der Waals surface area contributed by atoms with E-state index in [0.717, 1.165) is 12.8 Å². The lowest BCUT2D eigenvalue weighted by molar-refractivity contribution is 0.0930. The van der Waals surface area contributed by atoms with Crippen LogP contribution in [0.5, 0.6) is 0 Å². The van der Waals surface area contributed by atoms with E-state index in [0.29, 0.717) is 5.69 Å². The standard InChI is InChI=1S/C15H21N3O/c1-12(8-9-13-6-4-10-17(13)2)16-15(19)14-7-5-11-18(14)3/h4-7,10-12H,8-9H2,1-3H3,(H,16,19)/t12-/m0/s1. The highest BCUT2D eigenvalue weighted by Crippen LogP contribution is 2.06. The molecular weight excluding hydrogens is 238 g/mol. The molecule has 2 heterocycles. The highest BCUT2D eigenvalue weighted by Gasteiger charge is 2.12. The van der Waals surface area contributed by atoms with Crippen molar-refractivity contribution < 1.29 is 4.79 Å². The molecule has 0 unspecified atom stereocenters. The summed E-state index contributed by atoms with van der Waals surface area (Å²) in [6.07, 6.45) is 5.83. The first-order chi connectivity index (χ1) is 9.08. The van der Waals surface area contributed by atoms with Crippen molar-refractivity contribution >= 4 is 5.91 Å².